The second kappa shape index (κ2) is 9.06. The molecule has 1 amide bonds. The molecule has 2 atom stereocenters. The molecule has 0 N–H and O–H groups in total. The fourth-order valence-electron chi connectivity index (χ4n) is 2.01. The van der Waals surface area contributed by atoms with Crippen LogP contribution >= 0.6 is 23.4 Å². The molecule has 1 rings (SSSR count). The van der Waals surface area contributed by atoms with Gasteiger partial charge < -0.3 is 9.64 Å². The molecule has 0 radical (unpaired) electrons. The van der Waals surface area contributed by atoms with Gasteiger partial charge in [-0.15, -0.1) is 11.8 Å². The molecule has 0 aromatic heterocycles. The lowest BCUT2D eigenvalue weighted by Gasteiger charge is -2.26. The van der Waals surface area contributed by atoms with E-state index in [1.54, 1.807) is 24.0 Å². The highest BCUT2D eigenvalue weighted by Gasteiger charge is 2.24. The van der Waals surface area contributed by atoms with Crippen LogP contribution in [0.3, 0.4) is 0 Å². The lowest BCUT2D eigenvalue weighted by molar-refractivity contribution is -0.146. The monoisotopic (exact) mass is 343 g/mol. The third-order valence-corrected chi connectivity index (χ3v) is 4.62. The number of benzene rings is 1. The van der Waals surface area contributed by atoms with Crippen molar-refractivity contribution >= 4 is 35.2 Å². The quantitative estimate of drug-likeness (QED) is 0.561. The standard InChI is InChI=1S/C16H22ClNO3S/c1-5-18(10-11(2)16(20)21-4)15(19)12(3)22-14-8-6-13(17)7-9-14/h6-9,11-12H,5,10H2,1-4H3. The number of nitrogens with zero attached hydrogens (tertiary/aromatic N) is 1. The number of methoxy groups -OCH3 is 1. The van der Waals surface area contributed by atoms with Gasteiger partial charge in [-0.05, 0) is 38.1 Å². The Hall–Kier alpha value is -1.20. The van der Waals surface area contributed by atoms with Gasteiger partial charge in [-0.2, -0.15) is 0 Å². The van der Waals surface area contributed by atoms with E-state index in [0.717, 1.165) is 4.90 Å². The highest BCUT2D eigenvalue weighted by atomic mass is 35.5. The molecule has 1 aromatic carbocycles. The van der Waals surface area contributed by atoms with Crippen molar-refractivity contribution in [3.05, 3.63) is 29.3 Å². The van der Waals surface area contributed by atoms with Gasteiger partial charge in [-0.1, -0.05) is 18.5 Å². The van der Waals surface area contributed by atoms with Crippen LogP contribution in [0.25, 0.3) is 0 Å². The molecular weight excluding hydrogens is 322 g/mol. The lowest BCUT2D eigenvalue weighted by Crippen LogP contribution is -2.40. The number of ether oxygens (including phenoxy) is 1. The van der Waals surface area contributed by atoms with Crippen molar-refractivity contribution in [2.45, 2.75) is 30.9 Å². The van der Waals surface area contributed by atoms with E-state index in [1.807, 2.05) is 26.0 Å². The predicted molar refractivity (Wildman–Crippen MR) is 90.2 cm³/mol. The fraction of sp³-hybridized carbons (Fsp3) is 0.500. The number of rotatable bonds is 7. The largest absolute Gasteiger partial charge is 0.469 e. The van der Waals surface area contributed by atoms with Crippen molar-refractivity contribution in [1.82, 2.24) is 4.90 Å². The van der Waals surface area contributed by atoms with Crippen LogP contribution in [0, 0.1) is 5.92 Å². The van der Waals surface area contributed by atoms with Crippen molar-refractivity contribution in [2.24, 2.45) is 5.92 Å². The number of halogens is 1. The maximum absolute atomic E-state index is 12.5. The number of amides is 1. The van der Waals surface area contributed by atoms with Crippen LogP contribution in [0.1, 0.15) is 20.8 Å². The molecule has 122 valence electrons. The van der Waals surface area contributed by atoms with Gasteiger partial charge in [0.1, 0.15) is 0 Å². The molecule has 0 aliphatic rings. The van der Waals surface area contributed by atoms with Gasteiger partial charge >= 0.3 is 5.97 Å². The van der Waals surface area contributed by atoms with Gasteiger partial charge in [0, 0.05) is 23.0 Å². The molecule has 0 fully saturated rings. The Morgan fingerprint density at radius 1 is 1.27 bits per heavy atom. The van der Waals surface area contributed by atoms with E-state index in [1.165, 1.54) is 18.9 Å². The van der Waals surface area contributed by atoms with Gasteiger partial charge in [0.15, 0.2) is 0 Å². The molecule has 0 aliphatic carbocycles. The Labute approximate surface area is 141 Å². The predicted octanol–water partition coefficient (Wildman–Crippen LogP) is 3.48. The average molecular weight is 344 g/mol. The van der Waals surface area contributed by atoms with Gasteiger partial charge in [-0.3, -0.25) is 9.59 Å². The van der Waals surface area contributed by atoms with E-state index in [9.17, 15) is 9.59 Å². The molecule has 0 saturated heterocycles. The Balaban J connectivity index is 2.66. The Morgan fingerprint density at radius 2 is 1.86 bits per heavy atom. The first-order valence-corrected chi connectivity index (χ1v) is 8.43. The zero-order valence-electron chi connectivity index (χ0n) is 13.3. The minimum atomic E-state index is -0.332. The van der Waals surface area contributed by atoms with Gasteiger partial charge in [-0.25, -0.2) is 0 Å². The zero-order valence-corrected chi connectivity index (χ0v) is 14.9. The fourth-order valence-corrected chi connectivity index (χ4v) is 3.08. The molecule has 0 bridgehead atoms. The molecule has 0 heterocycles. The summed E-state index contributed by atoms with van der Waals surface area (Å²) >= 11 is 7.34. The number of carbonyl (C=O) groups is 2. The summed E-state index contributed by atoms with van der Waals surface area (Å²) in [5.74, 6) is -0.621. The third-order valence-electron chi connectivity index (χ3n) is 3.27. The average Bonchev–Trinajstić information content (AvgIpc) is 2.52. The maximum Gasteiger partial charge on any atom is 0.310 e. The Morgan fingerprint density at radius 3 is 2.36 bits per heavy atom. The van der Waals surface area contributed by atoms with E-state index in [0.29, 0.717) is 18.1 Å². The molecule has 22 heavy (non-hydrogen) atoms. The summed E-state index contributed by atoms with van der Waals surface area (Å²) in [4.78, 5) is 26.7. The summed E-state index contributed by atoms with van der Waals surface area (Å²) in [5, 5.41) is 0.441. The van der Waals surface area contributed by atoms with E-state index in [-0.39, 0.29) is 23.0 Å². The van der Waals surface area contributed by atoms with Crippen molar-refractivity contribution in [3.8, 4) is 0 Å². The second-order valence-electron chi connectivity index (χ2n) is 5.02. The number of hydrogen-bond acceptors (Lipinski definition) is 4. The summed E-state index contributed by atoms with van der Waals surface area (Å²) in [6, 6.07) is 7.39. The van der Waals surface area contributed by atoms with E-state index in [2.05, 4.69) is 0 Å². The van der Waals surface area contributed by atoms with Crippen LogP contribution in [0.2, 0.25) is 5.02 Å². The summed E-state index contributed by atoms with van der Waals surface area (Å²) in [6.07, 6.45) is 0. The molecule has 2 unspecified atom stereocenters. The lowest BCUT2D eigenvalue weighted by atomic mass is 10.1. The molecule has 0 spiro atoms. The van der Waals surface area contributed by atoms with Crippen molar-refractivity contribution in [3.63, 3.8) is 0 Å². The number of carbonyl (C=O) groups excluding carboxylic acids is 2. The van der Waals surface area contributed by atoms with Gasteiger partial charge in [0.2, 0.25) is 5.91 Å². The first-order chi connectivity index (χ1) is 10.4. The molecule has 0 saturated carbocycles. The van der Waals surface area contributed by atoms with E-state index >= 15 is 0 Å². The first-order valence-electron chi connectivity index (χ1n) is 7.17. The van der Waals surface area contributed by atoms with Crippen molar-refractivity contribution in [1.29, 1.82) is 0 Å². The summed E-state index contributed by atoms with van der Waals surface area (Å²) in [6.45, 7) is 6.46. The van der Waals surface area contributed by atoms with Gasteiger partial charge in [0.25, 0.3) is 0 Å². The third kappa shape index (κ3) is 5.54. The molecule has 0 aliphatic heterocycles. The van der Waals surface area contributed by atoms with E-state index < -0.39 is 0 Å². The van der Waals surface area contributed by atoms with Crippen molar-refractivity contribution in [2.75, 3.05) is 20.2 Å². The molecule has 1 aromatic rings. The molecular formula is C16H22ClNO3S. The van der Waals surface area contributed by atoms with Gasteiger partial charge in [0.05, 0.1) is 18.3 Å². The van der Waals surface area contributed by atoms with Crippen LogP contribution in [0.5, 0.6) is 0 Å². The SMILES string of the molecule is CCN(CC(C)C(=O)OC)C(=O)C(C)Sc1ccc(Cl)cc1. The van der Waals surface area contributed by atoms with Crippen LogP contribution in [0.4, 0.5) is 0 Å². The smallest absolute Gasteiger partial charge is 0.310 e. The number of hydrogen-bond donors (Lipinski definition) is 0. The summed E-state index contributed by atoms with van der Waals surface area (Å²) in [5.41, 5.74) is 0. The summed E-state index contributed by atoms with van der Waals surface area (Å²) < 4.78 is 4.71. The maximum atomic E-state index is 12.5. The molecule has 6 heteroatoms. The van der Waals surface area contributed by atoms with Crippen LogP contribution < -0.4 is 0 Å². The number of thioether (sulfide) groups is 1. The highest BCUT2D eigenvalue weighted by molar-refractivity contribution is 8.00. The first kappa shape index (κ1) is 18.8. The van der Waals surface area contributed by atoms with Crippen LogP contribution in [0.15, 0.2) is 29.2 Å². The Bertz CT molecular complexity index is 507. The van der Waals surface area contributed by atoms with Crippen molar-refractivity contribution < 1.29 is 14.3 Å². The van der Waals surface area contributed by atoms with E-state index in [4.69, 9.17) is 16.3 Å². The normalized spacial score (nSPS) is 13.3. The van der Waals surface area contributed by atoms with Crippen LogP contribution in [-0.2, 0) is 14.3 Å². The number of esters is 1. The minimum Gasteiger partial charge on any atom is -0.469 e. The summed E-state index contributed by atoms with van der Waals surface area (Å²) in [7, 11) is 1.36. The zero-order chi connectivity index (χ0) is 16.7. The highest BCUT2D eigenvalue weighted by Crippen LogP contribution is 2.26. The second-order valence-corrected chi connectivity index (χ2v) is 6.87. The topological polar surface area (TPSA) is 46.6 Å². The molecule has 4 nitrogen and oxygen atoms in total. The minimum absolute atomic E-state index is 0.0122. The Kier molecular flexibility index (Phi) is 7.76. The van der Waals surface area contributed by atoms with Crippen LogP contribution in [-0.4, -0.2) is 42.2 Å².